The van der Waals surface area contributed by atoms with Gasteiger partial charge >= 0.3 is 0 Å². The van der Waals surface area contributed by atoms with Crippen molar-refractivity contribution in [3.63, 3.8) is 0 Å². The van der Waals surface area contributed by atoms with E-state index in [-0.39, 0.29) is 22.4 Å². The molecule has 306 valence electrons. The molecule has 2 atom stereocenters. The van der Waals surface area contributed by atoms with E-state index < -0.39 is 13.7 Å². The lowest BCUT2D eigenvalue weighted by atomic mass is 9.36. The van der Waals surface area contributed by atoms with Gasteiger partial charge in [0.2, 0.25) is 0 Å². The molecule has 3 nitrogen and oxygen atoms in total. The molecule has 0 radical (unpaired) electrons. The van der Waals surface area contributed by atoms with Crippen molar-refractivity contribution in [2.75, 3.05) is 4.90 Å². The second kappa shape index (κ2) is 12.1. The zero-order chi connectivity index (χ0) is 46.7. The Balaban J connectivity index is 1.12. The molecule has 3 aliphatic heterocycles. The molecular formula is C58H50BN3S. The van der Waals surface area contributed by atoms with Crippen LogP contribution in [0.3, 0.4) is 0 Å². The lowest BCUT2D eigenvalue weighted by molar-refractivity contribution is 0.203. The van der Waals surface area contributed by atoms with Crippen LogP contribution in [0.4, 0.5) is 5.69 Å². The lowest BCUT2D eigenvalue weighted by Gasteiger charge is -2.52. The van der Waals surface area contributed by atoms with Crippen LogP contribution in [0.1, 0.15) is 91.0 Å². The summed E-state index contributed by atoms with van der Waals surface area (Å²) >= 11 is 2.09. The van der Waals surface area contributed by atoms with E-state index in [9.17, 15) is 0 Å². The predicted octanol–water partition coefficient (Wildman–Crippen LogP) is 14.2. The van der Waals surface area contributed by atoms with Gasteiger partial charge in [0.05, 0.1) is 22.2 Å². The fraction of sp³-hybridized carbons (Fsp3) is 0.276. The molecule has 5 heterocycles. The maximum absolute atomic E-state index is 8.89. The minimum absolute atomic E-state index is 0.0278. The summed E-state index contributed by atoms with van der Waals surface area (Å²) in [4.78, 5) is 4.24. The Hall–Kier alpha value is -5.65. The summed E-state index contributed by atoms with van der Waals surface area (Å²) < 4.78 is 57.1. The molecule has 0 spiro atoms. The second-order valence-corrected chi connectivity index (χ2v) is 21.6. The molecule has 2 fully saturated rings. The average Bonchev–Trinajstić information content (AvgIpc) is 3.92. The van der Waals surface area contributed by atoms with Crippen molar-refractivity contribution in [2.24, 2.45) is 5.41 Å². The second-order valence-electron chi connectivity index (χ2n) is 20.1. The highest BCUT2D eigenvalue weighted by atomic mass is 32.2. The normalized spacial score (nSPS) is 24.0. The Labute approximate surface area is 382 Å². The van der Waals surface area contributed by atoms with Crippen molar-refractivity contribution in [3.8, 4) is 33.6 Å². The number of rotatable bonds is 2. The van der Waals surface area contributed by atoms with Crippen molar-refractivity contribution < 1.29 is 8.22 Å². The van der Waals surface area contributed by atoms with Crippen LogP contribution in [0.25, 0.3) is 88.0 Å². The van der Waals surface area contributed by atoms with E-state index in [0.29, 0.717) is 11.6 Å². The number of hydrogen-bond donors (Lipinski definition) is 0. The summed E-state index contributed by atoms with van der Waals surface area (Å²) in [6, 6.07) is 41.8. The number of benzene rings is 7. The third kappa shape index (κ3) is 4.32. The van der Waals surface area contributed by atoms with Crippen molar-refractivity contribution in [3.05, 3.63) is 137 Å². The van der Waals surface area contributed by atoms with Crippen molar-refractivity contribution in [1.29, 1.82) is 0 Å². The maximum atomic E-state index is 8.89. The Kier molecular flexibility index (Phi) is 5.86. The van der Waals surface area contributed by atoms with Crippen LogP contribution in [0.5, 0.6) is 0 Å². The fourth-order valence-electron chi connectivity index (χ4n) is 14.1. The van der Waals surface area contributed by atoms with Crippen LogP contribution >= 0.6 is 11.8 Å². The number of nitrogens with zero attached hydrogens (tertiary/aromatic N) is 3. The van der Waals surface area contributed by atoms with Gasteiger partial charge in [0.1, 0.15) is 0 Å². The number of anilines is 1. The smallest absolute Gasteiger partial charge is 0.259 e. The van der Waals surface area contributed by atoms with Crippen LogP contribution in [0, 0.1) is 19.1 Å². The van der Waals surface area contributed by atoms with Crippen LogP contribution in [-0.4, -0.2) is 26.6 Å². The topological polar surface area (TPSA) is 13.1 Å². The third-order valence-corrected chi connectivity index (χ3v) is 18.7. The van der Waals surface area contributed by atoms with Gasteiger partial charge < -0.3 is 14.0 Å². The molecule has 2 aromatic heterocycles. The molecule has 15 rings (SSSR count). The first-order valence-electron chi connectivity index (χ1n) is 26.4. The molecule has 0 N–H and O–H groups in total. The molecule has 2 saturated carbocycles. The lowest BCUT2D eigenvalue weighted by Crippen LogP contribution is -2.58. The molecule has 7 aromatic carbocycles. The molecular weight excluding hydrogens is 782 g/mol. The monoisotopic (exact) mass is 837 g/mol. The SMILES string of the molecule is [2H]C([2H])([2H])c1ccc2c(c1)c1cc(C([2H])([2H])[2H])cc3c1n2-c1cc(-n2c4cccc5c4c4c(cccc42)-c2cccc4cccc-5c24)cc2c1B3C1=C(N2C2CCCCC2)C2(C)CCCCC2(C)S1. The van der Waals surface area contributed by atoms with E-state index in [1.165, 1.54) is 97.6 Å². The first-order valence-corrected chi connectivity index (χ1v) is 24.2. The summed E-state index contributed by atoms with van der Waals surface area (Å²) in [7, 11) is 0. The van der Waals surface area contributed by atoms with Crippen molar-refractivity contribution in [1.82, 2.24) is 9.13 Å². The highest BCUT2D eigenvalue weighted by Gasteiger charge is 2.61. The van der Waals surface area contributed by atoms with Crippen LogP contribution in [0.15, 0.2) is 126 Å². The summed E-state index contributed by atoms with van der Waals surface area (Å²) in [6.45, 7) is 0.189. The van der Waals surface area contributed by atoms with E-state index in [1.54, 1.807) is 6.07 Å². The van der Waals surface area contributed by atoms with Crippen molar-refractivity contribution >= 4 is 89.5 Å². The van der Waals surface area contributed by atoms with E-state index in [1.807, 2.05) is 24.3 Å². The minimum atomic E-state index is -2.37. The van der Waals surface area contributed by atoms with Gasteiger partial charge in [0, 0.05) is 68.6 Å². The van der Waals surface area contributed by atoms with E-state index >= 15 is 0 Å². The number of aryl methyl sites for hydroxylation is 2. The fourth-order valence-corrected chi connectivity index (χ4v) is 16.1. The van der Waals surface area contributed by atoms with Gasteiger partial charge in [-0.3, -0.25) is 0 Å². The summed E-state index contributed by atoms with van der Waals surface area (Å²) in [5.41, 5.74) is 16.8. The molecule has 5 heteroatoms. The highest BCUT2D eigenvalue weighted by molar-refractivity contribution is 8.06. The number of fused-ring (bicyclic) bond motifs is 10. The van der Waals surface area contributed by atoms with Crippen LogP contribution in [0.2, 0.25) is 0 Å². The number of hydrogen-bond acceptors (Lipinski definition) is 2. The molecule has 0 amide bonds. The molecule has 0 saturated heterocycles. The largest absolute Gasteiger partial charge is 0.342 e. The summed E-state index contributed by atoms with van der Waals surface area (Å²) in [5.74, 6) is 0. The zero-order valence-electron chi connectivity index (χ0n) is 41.7. The van der Waals surface area contributed by atoms with Crippen molar-refractivity contribution in [2.45, 2.75) is 96.1 Å². The molecule has 0 bridgehead atoms. The third-order valence-electron chi connectivity index (χ3n) is 17.0. The van der Waals surface area contributed by atoms with Gasteiger partial charge in [0.25, 0.3) is 6.71 Å². The highest BCUT2D eigenvalue weighted by Crippen LogP contribution is 2.67. The summed E-state index contributed by atoms with van der Waals surface area (Å²) in [6.07, 6.45) is 10.5. The number of allylic oxidation sites excluding steroid dienone is 1. The molecule has 6 aliphatic rings. The standard InChI is InChI=1S/C58H50BN3S/c1-33-24-25-45-42(28-33)43-29-34(2)30-44-54(43)62(45)49-32-37(31-48-53(49)59(44)56-55(61(48)36-16-6-5-7-17-36)57(3)26-8-9-27-58(57,4)63-56)60-46-22-12-20-40-38-18-10-14-35-15-11-19-39(50(35)38)41-21-13-23-47(60)52(41)51(40)46/h10-15,18-25,28-32,36H,5-9,16-17,26-27H2,1-4H3/i1D3,2D3. The summed E-state index contributed by atoms with van der Waals surface area (Å²) in [5, 5.41) is 6.63. The maximum Gasteiger partial charge on any atom is 0.259 e. The first-order chi connectivity index (χ1) is 33.2. The van der Waals surface area contributed by atoms with Gasteiger partial charge in [-0.15, -0.1) is 11.8 Å². The molecule has 2 unspecified atom stereocenters. The van der Waals surface area contributed by atoms with E-state index in [4.69, 9.17) is 8.22 Å². The molecule has 63 heavy (non-hydrogen) atoms. The molecule has 9 aromatic rings. The van der Waals surface area contributed by atoms with Gasteiger partial charge in [-0.05, 0) is 138 Å². The number of thioether (sulfide) groups is 1. The first kappa shape index (κ1) is 30.4. The minimum Gasteiger partial charge on any atom is -0.342 e. The van der Waals surface area contributed by atoms with E-state index in [2.05, 4.69) is 125 Å². The van der Waals surface area contributed by atoms with Gasteiger partial charge in [-0.25, -0.2) is 0 Å². The molecule has 3 aliphatic carbocycles. The van der Waals surface area contributed by atoms with Gasteiger partial charge in [-0.1, -0.05) is 123 Å². The van der Waals surface area contributed by atoms with Gasteiger partial charge in [0.15, 0.2) is 0 Å². The van der Waals surface area contributed by atoms with E-state index in [0.717, 1.165) is 75.4 Å². The van der Waals surface area contributed by atoms with Crippen LogP contribution < -0.4 is 15.8 Å². The Morgan fingerprint density at radius 3 is 2.02 bits per heavy atom. The Bertz CT molecular complexity index is 3760. The number of aromatic nitrogens is 2. The van der Waals surface area contributed by atoms with Crippen LogP contribution in [-0.2, 0) is 0 Å². The Morgan fingerprint density at radius 1 is 0.619 bits per heavy atom. The quantitative estimate of drug-likeness (QED) is 0.161. The zero-order valence-corrected chi connectivity index (χ0v) is 36.6. The van der Waals surface area contributed by atoms with Gasteiger partial charge in [-0.2, -0.15) is 0 Å². The predicted molar refractivity (Wildman–Crippen MR) is 271 cm³/mol. The average molecular weight is 838 g/mol. The Morgan fingerprint density at radius 2 is 1.29 bits per heavy atom.